The Hall–Kier alpha value is -1.38. The van der Waals surface area contributed by atoms with Crippen LogP contribution in [0.3, 0.4) is 0 Å². The van der Waals surface area contributed by atoms with E-state index in [1.807, 2.05) is 18.2 Å². The van der Waals surface area contributed by atoms with Crippen LogP contribution in [-0.2, 0) is 0 Å². The number of methoxy groups -OCH3 is 1. The number of ether oxygens (including phenoxy) is 1. The summed E-state index contributed by atoms with van der Waals surface area (Å²) in [5.74, 6) is 0.746. The predicted molar refractivity (Wildman–Crippen MR) is 77.1 cm³/mol. The summed E-state index contributed by atoms with van der Waals surface area (Å²) in [5, 5.41) is 3.58. The highest BCUT2D eigenvalue weighted by Gasteiger charge is 2.26. The first-order valence-electron chi connectivity index (χ1n) is 6.70. The van der Waals surface area contributed by atoms with Gasteiger partial charge in [0, 0.05) is 17.8 Å². The normalized spacial score (nSPS) is 19.5. The Bertz CT molecular complexity index is 405. The van der Waals surface area contributed by atoms with Crippen molar-refractivity contribution in [2.45, 2.75) is 45.6 Å². The minimum Gasteiger partial charge on any atom is -0.495 e. The zero-order chi connectivity index (χ0) is 13.2. The molecule has 1 aromatic rings. The lowest BCUT2D eigenvalue weighted by Crippen LogP contribution is -2.29. The maximum Gasteiger partial charge on any atom is 0.143 e. The molecule has 3 N–H and O–H groups in total. The Labute approximate surface area is 110 Å². The number of hydrogen-bond donors (Lipinski definition) is 2. The predicted octanol–water partition coefficient (Wildman–Crippen LogP) is 3.66. The van der Waals surface area contributed by atoms with Gasteiger partial charge in [0.25, 0.3) is 0 Å². The van der Waals surface area contributed by atoms with Gasteiger partial charge in [-0.1, -0.05) is 13.8 Å². The van der Waals surface area contributed by atoms with Gasteiger partial charge in [-0.2, -0.15) is 0 Å². The lowest BCUT2D eigenvalue weighted by Gasteiger charge is -2.35. The van der Waals surface area contributed by atoms with Crippen molar-refractivity contribution in [1.82, 2.24) is 0 Å². The third kappa shape index (κ3) is 3.09. The number of nitrogens with one attached hydrogen (secondary N) is 1. The van der Waals surface area contributed by atoms with E-state index in [-0.39, 0.29) is 0 Å². The van der Waals surface area contributed by atoms with Gasteiger partial charge in [-0.05, 0) is 43.2 Å². The molecule has 0 spiro atoms. The largest absolute Gasteiger partial charge is 0.495 e. The zero-order valence-corrected chi connectivity index (χ0v) is 11.6. The second-order valence-electron chi connectivity index (χ2n) is 6.04. The number of hydrogen-bond acceptors (Lipinski definition) is 3. The zero-order valence-electron chi connectivity index (χ0n) is 11.6. The van der Waals surface area contributed by atoms with Gasteiger partial charge in [0.2, 0.25) is 0 Å². The van der Waals surface area contributed by atoms with Crippen LogP contribution in [0.25, 0.3) is 0 Å². The topological polar surface area (TPSA) is 47.3 Å². The lowest BCUT2D eigenvalue weighted by atomic mass is 9.75. The Morgan fingerprint density at radius 1 is 1.28 bits per heavy atom. The molecule has 1 saturated carbocycles. The number of benzene rings is 1. The van der Waals surface area contributed by atoms with E-state index in [1.54, 1.807) is 7.11 Å². The lowest BCUT2D eigenvalue weighted by molar-refractivity contribution is 0.232. The number of anilines is 2. The summed E-state index contributed by atoms with van der Waals surface area (Å²) in [6, 6.07) is 6.48. The van der Waals surface area contributed by atoms with Crippen LogP contribution in [0.2, 0.25) is 0 Å². The van der Waals surface area contributed by atoms with Crippen molar-refractivity contribution >= 4 is 11.4 Å². The summed E-state index contributed by atoms with van der Waals surface area (Å²) in [7, 11) is 1.65. The molecular weight excluding hydrogens is 224 g/mol. The van der Waals surface area contributed by atoms with Crippen molar-refractivity contribution in [3.63, 3.8) is 0 Å². The van der Waals surface area contributed by atoms with E-state index in [0.29, 0.717) is 17.1 Å². The SMILES string of the molecule is COc1cc(NC2CCC(C)(C)CC2)ccc1N. The fourth-order valence-electron chi connectivity index (χ4n) is 2.58. The summed E-state index contributed by atoms with van der Waals surface area (Å²) < 4.78 is 5.24. The monoisotopic (exact) mass is 248 g/mol. The maximum absolute atomic E-state index is 5.82. The average molecular weight is 248 g/mol. The molecule has 1 fully saturated rings. The smallest absolute Gasteiger partial charge is 0.143 e. The molecule has 0 saturated heterocycles. The third-order valence-electron chi connectivity index (χ3n) is 3.94. The summed E-state index contributed by atoms with van der Waals surface area (Å²) in [6.45, 7) is 4.71. The Kier molecular flexibility index (Phi) is 3.69. The first kappa shape index (κ1) is 13.1. The van der Waals surface area contributed by atoms with Gasteiger partial charge in [-0.15, -0.1) is 0 Å². The van der Waals surface area contributed by atoms with Crippen molar-refractivity contribution in [3.05, 3.63) is 18.2 Å². The second kappa shape index (κ2) is 5.09. The first-order valence-corrected chi connectivity index (χ1v) is 6.70. The molecule has 0 aromatic heterocycles. The van der Waals surface area contributed by atoms with Gasteiger partial charge >= 0.3 is 0 Å². The van der Waals surface area contributed by atoms with Gasteiger partial charge in [-0.3, -0.25) is 0 Å². The average Bonchev–Trinajstić information content (AvgIpc) is 2.34. The van der Waals surface area contributed by atoms with Crippen LogP contribution in [0.1, 0.15) is 39.5 Å². The molecule has 100 valence electrons. The molecule has 1 aliphatic rings. The van der Waals surface area contributed by atoms with Gasteiger partial charge < -0.3 is 15.8 Å². The van der Waals surface area contributed by atoms with Gasteiger partial charge in [-0.25, -0.2) is 0 Å². The molecular formula is C15H24N2O. The highest BCUT2D eigenvalue weighted by Crippen LogP contribution is 2.36. The molecule has 0 radical (unpaired) electrons. The fourth-order valence-corrected chi connectivity index (χ4v) is 2.58. The molecule has 1 aromatic carbocycles. The minimum absolute atomic E-state index is 0.511. The molecule has 0 atom stereocenters. The van der Waals surface area contributed by atoms with E-state index in [4.69, 9.17) is 10.5 Å². The van der Waals surface area contributed by atoms with Gasteiger partial charge in [0.1, 0.15) is 5.75 Å². The van der Waals surface area contributed by atoms with Crippen LogP contribution in [0, 0.1) is 5.41 Å². The summed E-state index contributed by atoms with van der Waals surface area (Å²) in [4.78, 5) is 0. The number of rotatable bonds is 3. The van der Waals surface area contributed by atoms with Crippen LogP contribution in [0.15, 0.2) is 18.2 Å². The highest BCUT2D eigenvalue weighted by molar-refractivity contribution is 5.61. The van der Waals surface area contributed by atoms with E-state index in [1.165, 1.54) is 25.7 Å². The van der Waals surface area contributed by atoms with Crippen LogP contribution in [0.5, 0.6) is 5.75 Å². The Morgan fingerprint density at radius 3 is 2.56 bits per heavy atom. The molecule has 1 aliphatic carbocycles. The highest BCUT2D eigenvalue weighted by atomic mass is 16.5. The third-order valence-corrected chi connectivity index (χ3v) is 3.94. The summed E-state index contributed by atoms with van der Waals surface area (Å²) in [5.41, 5.74) is 8.12. The molecule has 0 unspecified atom stereocenters. The van der Waals surface area contributed by atoms with Crippen LogP contribution >= 0.6 is 0 Å². The molecule has 0 aliphatic heterocycles. The molecule has 18 heavy (non-hydrogen) atoms. The second-order valence-corrected chi connectivity index (χ2v) is 6.04. The van der Waals surface area contributed by atoms with Crippen LogP contribution in [-0.4, -0.2) is 13.2 Å². The van der Waals surface area contributed by atoms with Crippen molar-refractivity contribution in [3.8, 4) is 5.75 Å². The van der Waals surface area contributed by atoms with E-state index in [2.05, 4.69) is 19.2 Å². The Morgan fingerprint density at radius 2 is 1.94 bits per heavy atom. The number of nitrogen functional groups attached to an aromatic ring is 1. The summed E-state index contributed by atoms with van der Waals surface area (Å²) >= 11 is 0. The van der Waals surface area contributed by atoms with Gasteiger partial charge in [0.15, 0.2) is 0 Å². The van der Waals surface area contributed by atoms with Gasteiger partial charge in [0.05, 0.1) is 12.8 Å². The molecule has 2 rings (SSSR count). The maximum atomic E-state index is 5.82. The van der Waals surface area contributed by atoms with E-state index < -0.39 is 0 Å². The molecule has 0 bridgehead atoms. The van der Waals surface area contributed by atoms with Crippen molar-refractivity contribution in [2.75, 3.05) is 18.2 Å². The molecule has 3 nitrogen and oxygen atoms in total. The quantitative estimate of drug-likeness (QED) is 0.802. The molecule has 0 amide bonds. The molecule has 3 heteroatoms. The van der Waals surface area contributed by atoms with Crippen LogP contribution in [0.4, 0.5) is 11.4 Å². The van der Waals surface area contributed by atoms with E-state index in [0.717, 1.165) is 11.4 Å². The van der Waals surface area contributed by atoms with Crippen molar-refractivity contribution < 1.29 is 4.74 Å². The van der Waals surface area contributed by atoms with E-state index >= 15 is 0 Å². The summed E-state index contributed by atoms with van der Waals surface area (Å²) in [6.07, 6.45) is 5.05. The van der Waals surface area contributed by atoms with Crippen molar-refractivity contribution in [1.29, 1.82) is 0 Å². The fraction of sp³-hybridized carbons (Fsp3) is 0.600. The molecule has 0 heterocycles. The number of nitrogens with two attached hydrogens (primary N) is 1. The minimum atomic E-state index is 0.511. The van der Waals surface area contributed by atoms with Crippen LogP contribution < -0.4 is 15.8 Å². The standard InChI is InChI=1S/C15H24N2O/c1-15(2)8-6-11(7-9-15)17-12-4-5-13(16)14(10-12)18-3/h4-5,10-11,17H,6-9,16H2,1-3H3. The first-order chi connectivity index (χ1) is 8.50. The van der Waals surface area contributed by atoms with E-state index in [9.17, 15) is 0 Å². The Balaban J connectivity index is 1.98. The van der Waals surface area contributed by atoms with Crippen molar-refractivity contribution in [2.24, 2.45) is 5.41 Å².